The van der Waals surface area contributed by atoms with Crippen LogP contribution in [-0.4, -0.2) is 85.8 Å². The fraction of sp³-hybridized carbons (Fsp3) is 0.591. The largest absolute Gasteiger partial charge is 0.481 e. The molecule has 1 aromatic rings. The minimum atomic E-state index is -4.05. The van der Waals surface area contributed by atoms with Gasteiger partial charge in [-0.25, -0.2) is 13.2 Å². The first-order valence-corrected chi connectivity index (χ1v) is 12.5. The summed E-state index contributed by atoms with van der Waals surface area (Å²) >= 11 is 0. The van der Waals surface area contributed by atoms with Gasteiger partial charge in [0, 0.05) is 13.1 Å². The van der Waals surface area contributed by atoms with Crippen molar-refractivity contribution in [3.63, 3.8) is 0 Å². The lowest BCUT2D eigenvalue weighted by atomic mass is 10.0. The highest BCUT2D eigenvalue weighted by Gasteiger charge is 2.35. The van der Waals surface area contributed by atoms with Crippen molar-refractivity contribution < 1.29 is 37.4 Å². The molecule has 1 fully saturated rings. The van der Waals surface area contributed by atoms with Crippen LogP contribution in [0.15, 0.2) is 30.3 Å². The maximum atomic E-state index is 13.0. The Labute approximate surface area is 194 Å². The van der Waals surface area contributed by atoms with Crippen LogP contribution < -0.4 is 5.32 Å². The average molecular weight is 485 g/mol. The maximum absolute atomic E-state index is 13.0. The van der Waals surface area contributed by atoms with Crippen molar-refractivity contribution in [3.8, 4) is 0 Å². The molecule has 0 spiro atoms. The van der Waals surface area contributed by atoms with Crippen LogP contribution in [0.4, 0.5) is 4.79 Å². The number of nitrogens with one attached hydrogen (secondary N) is 1. The third kappa shape index (κ3) is 9.39. The summed E-state index contributed by atoms with van der Waals surface area (Å²) in [7, 11) is -4.05. The Bertz CT molecular complexity index is 921. The molecule has 2 amide bonds. The summed E-state index contributed by atoms with van der Waals surface area (Å²) < 4.78 is 36.3. The molecule has 0 unspecified atom stereocenters. The van der Waals surface area contributed by atoms with Gasteiger partial charge in [0.15, 0.2) is 9.84 Å². The van der Waals surface area contributed by atoms with E-state index in [1.54, 1.807) is 51.1 Å². The smallest absolute Gasteiger partial charge is 0.408 e. The number of rotatable bonds is 9. The van der Waals surface area contributed by atoms with Gasteiger partial charge >= 0.3 is 12.1 Å². The zero-order chi connectivity index (χ0) is 24.6. The Balaban J connectivity index is 2.17. The standard InChI is InChI=1S/C22H32N2O8S/c1-22(2,3)32-21(28)23-18(19(25)24-9-11-31-12-10-24)15-33(29,30)14-17(20(26)27)13-16-7-5-4-6-8-16/h4-8,17-18H,9-15H2,1-3H3,(H,23,28)(H,26,27)/t17-,18-/m1/s1. The van der Waals surface area contributed by atoms with Gasteiger partial charge < -0.3 is 24.8 Å². The number of benzene rings is 1. The predicted octanol–water partition coefficient (Wildman–Crippen LogP) is 1.10. The van der Waals surface area contributed by atoms with E-state index in [9.17, 15) is 27.9 Å². The van der Waals surface area contributed by atoms with Crippen LogP contribution in [-0.2, 0) is 35.3 Å². The van der Waals surface area contributed by atoms with E-state index < -0.39 is 56.9 Å². The molecular weight excluding hydrogens is 452 g/mol. The molecule has 0 aromatic heterocycles. The fourth-order valence-electron chi connectivity index (χ4n) is 3.37. The summed E-state index contributed by atoms with van der Waals surface area (Å²) in [6.07, 6.45) is -0.903. The second-order valence-electron chi connectivity index (χ2n) is 8.94. The number of carbonyl (C=O) groups excluding carboxylic acids is 2. The van der Waals surface area contributed by atoms with Crippen LogP contribution in [0.2, 0.25) is 0 Å². The first-order valence-electron chi connectivity index (χ1n) is 10.7. The van der Waals surface area contributed by atoms with Crippen LogP contribution in [0.5, 0.6) is 0 Å². The summed E-state index contributed by atoms with van der Waals surface area (Å²) in [4.78, 5) is 38.5. The molecule has 33 heavy (non-hydrogen) atoms. The Hall–Kier alpha value is -2.66. The zero-order valence-electron chi connectivity index (χ0n) is 19.2. The van der Waals surface area contributed by atoms with E-state index in [-0.39, 0.29) is 19.5 Å². The van der Waals surface area contributed by atoms with Gasteiger partial charge in [-0.1, -0.05) is 30.3 Å². The van der Waals surface area contributed by atoms with Crippen LogP contribution in [0.25, 0.3) is 0 Å². The minimum absolute atomic E-state index is 0.0248. The maximum Gasteiger partial charge on any atom is 0.408 e. The molecule has 184 valence electrons. The van der Waals surface area contributed by atoms with E-state index >= 15 is 0 Å². The van der Waals surface area contributed by atoms with Crippen LogP contribution in [0, 0.1) is 5.92 Å². The number of amides is 2. The van der Waals surface area contributed by atoms with Gasteiger partial charge in [0.2, 0.25) is 5.91 Å². The molecule has 11 heteroatoms. The van der Waals surface area contributed by atoms with Crippen LogP contribution in [0.1, 0.15) is 26.3 Å². The van der Waals surface area contributed by atoms with E-state index in [1.807, 2.05) is 0 Å². The van der Waals surface area contributed by atoms with Crippen molar-refractivity contribution in [2.75, 3.05) is 37.8 Å². The van der Waals surface area contributed by atoms with Crippen molar-refractivity contribution in [2.24, 2.45) is 5.92 Å². The predicted molar refractivity (Wildman–Crippen MR) is 120 cm³/mol. The summed E-state index contributed by atoms with van der Waals surface area (Å²) in [5.41, 5.74) is -0.160. The van der Waals surface area contributed by atoms with Crippen molar-refractivity contribution in [3.05, 3.63) is 35.9 Å². The lowest BCUT2D eigenvalue weighted by Gasteiger charge is -2.31. The number of hydrogen-bond donors (Lipinski definition) is 2. The van der Waals surface area contributed by atoms with Crippen molar-refractivity contribution in [2.45, 2.75) is 38.8 Å². The van der Waals surface area contributed by atoms with E-state index in [0.717, 1.165) is 0 Å². The molecule has 2 rings (SSSR count). The number of carbonyl (C=O) groups is 3. The molecule has 1 aromatic carbocycles. The number of nitrogens with zero attached hydrogens (tertiary/aromatic N) is 1. The summed E-state index contributed by atoms with van der Waals surface area (Å²) in [5.74, 6) is -4.43. The molecule has 1 aliphatic heterocycles. The highest BCUT2D eigenvalue weighted by atomic mass is 32.2. The highest BCUT2D eigenvalue weighted by Crippen LogP contribution is 2.15. The summed E-state index contributed by atoms with van der Waals surface area (Å²) in [6.45, 7) is 6.05. The average Bonchev–Trinajstić information content (AvgIpc) is 2.72. The summed E-state index contributed by atoms with van der Waals surface area (Å²) in [6, 6.07) is 7.29. The Kier molecular flexibility index (Phi) is 9.24. The molecule has 0 aliphatic carbocycles. The Morgan fingerprint density at radius 2 is 1.73 bits per heavy atom. The first-order chi connectivity index (χ1) is 15.4. The topological polar surface area (TPSA) is 139 Å². The molecular formula is C22H32N2O8S. The number of alkyl carbamates (subject to hydrolysis) is 1. The third-order valence-electron chi connectivity index (χ3n) is 4.86. The molecule has 2 N–H and O–H groups in total. The number of sulfone groups is 1. The normalized spacial score (nSPS) is 16.5. The second kappa shape index (κ2) is 11.5. The molecule has 0 saturated carbocycles. The first kappa shape index (κ1) is 26.6. The van der Waals surface area contributed by atoms with E-state index in [4.69, 9.17) is 9.47 Å². The number of aliphatic carboxylic acids is 1. The zero-order valence-corrected chi connectivity index (χ0v) is 20.0. The summed E-state index contributed by atoms with van der Waals surface area (Å²) in [5, 5.41) is 11.9. The molecule has 10 nitrogen and oxygen atoms in total. The lowest BCUT2D eigenvalue weighted by molar-refractivity contribution is -0.141. The number of morpholine rings is 1. The quantitative estimate of drug-likeness (QED) is 0.531. The minimum Gasteiger partial charge on any atom is -0.481 e. The number of carboxylic acid groups (broad SMARTS) is 1. The van der Waals surface area contributed by atoms with Gasteiger partial charge in [-0.05, 0) is 32.8 Å². The Morgan fingerprint density at radius 1 is 1.12 bits per heavy atom. The van der Waals surface area contributed by atoms with Crippen molar-refractivity contribution in [1.29, 1.82) is 0 Å². The molecule has 1 heterocycles. The monoisotopic (exact) mass is 484 g/mol. The van der Waals surface area contributed by atoms with Gasteiger partial charge in [-0.2, -0.15) is 0 Å². The number of ether oxygens (including phenoxy) is 2. The lowest BCUT2D eigenvalue weighted by Crippen LogP contribution is -2.55. The Morgan fingerprint density at radius 3 is 2.27 bits per heavy atom. The van der Waals surface area contributed by atoms with Crippen molar-refractivity contribution >= 4 is 27.8 Å². The van der Waals surface area contributed by atoms with E-state index in [0.29, 0.717) is 18.8 Å². The van der Waals surface area contributed by atoms with Gasteiger partial charge in [-0.15, -0.1) is 0 Å². The third-order valence-corrected chi connectivity index (χ3v) is 6.61. The molecule has 0 bridgehead atoms. The molecule has 1 aliphatic rings. The number of hydrogen-bond acceptors (Lipinski definition) is 7. The molecule has 0 radical (unpaired) electrons. The van der Waals surface area contributed by atoms with Gasteiger partial charge in [-0.3, -0.25) is 9.59 Å². The van der Waals surface area contributed by atoms with Crippen LogP contribution >= 0.6 is 0 Å². The van der Waals surface area contributed by atoms with Gasteiger partial charge in [0.25, 0.3) is 0 Å². The highest BCUT2D eigenvalue weighted by molar-refractivity contribution is 7.91. The fourth-order valence-corrected chi connectivity index (χ4v) is 5.12. The van der Waals surface area contributed by atoms with Crippen molar-refractivity contribution in [1.82, 2.24) is 10.2 Å². The SMILES string of the molecule is CC(C)(C)OC(=O)N[C@H](CS(=O)(=O)C[C@@H](Cc1ccccc1)C(=O)O)C(=O)N1CCOCC1. The second-order valence-corrected chi connectivity index (χ2v) is 11.1. The van der Waals surface area contributed by atoms with E-state index in [1.165, 1.54) is 4.90 Å². The number of carboxylic acids is 1. The van der Waals surface area contributed by atoms with E-state index in [2.05, 4.69) is 5.32 Å². The van der Waals surface area contributed by atoms with Crippen LogP contribution in [0.3, 0.4) is 0 Å². The molecule has 2 atom stereocenters. The van der Waals surface area contributed by atoms with Gasteiger partial charge in [0.05, 0.1) is 30.6 Å². The van der Waals surface area contributed by atoms with Gasteiger partial charge in [0.1, 0.15) is 11.6 Å². The molecule has 1 saturated heterocycles.